The Morgan fingerprint density at radius 1 is 1.18 bits per heavy atom. The molecule has 178 valence electrons. The first-order chi connectivity index (χ1) is 15.6. The average molecular weight is 452 g/mol. The average Bonchev–Trinajstić information content (AvgIpc) is 3.28. The van der Waals surface area contributed by atoms with E-state index in [-0.39, 0.29) is 22.9 Å². The molecule has 33 heavy (non-hydrogen) atoms. The summed E-state index contributed by atoms with van der Waals surface area (Å²) in [6, 6.07) is 8.59. The fraction of sp³-hybridized carbons (Fsp3) is 0.679. The Balaban J connectivity index is 1.47. The Labute approximate surface area is 195 Å². The number of H-pyrrole nitrogens is 1. The molecule has 0 unspecified atom stereocenters. The molecule has 1 aliphatic heterocycles. The molecule has 0 amide bonds. The van der Waals surface area contributed by atoms with Gasteiger partial charge in [-0.1, -0.05) is 32.0 Å². The minimum Gasteiger partial charge on any atom is -0.392 e. The van der Waals surface area contributed by atoms with E-state index in [0.29, 0.717) is 12.3 Å². The number of aromatic amines is 1. The van der Waals surface area contributed by atoms with Crippen LogP contribution in [0.15, 0.2) is 24.3 Å². The minimum absolute atomic E-state index is 0.0395. The predicted octanol–water partition coefficient (Wildman–Crippen LogP) is 4.28. The van der Waals surface area contributed by atoms with E-state index in [1.807, 2.05) is 0 Å². The Kier molecular flexibility index (Phi) is 4.43. The lowest BCUT2D eigenvalue weighted by Crippen LogP contribution is -2.70. The van der Waals surface area contributed by atoms with E-state index < -0.39 is 23.2 Å². The first-order valence-electron chi connectivity index (χ1n) is 12.7. The zero-order valence-electron chi connectivity index (χ0n) is 20.2. The number of aldehydes is 1. The van der Waals surface area contributed by atoms with E-state index in [1.54, 1.807) is 13.8 Å². The monoisotopic (exact) mass is 451 g/mol. The number of aliphatic hydroxyl groups excluding tert-OH is 1. The first kappa shape index (κ1) is 21.8. The minimum atomic E-state index is -1.05. The van der Waals surface area contributed by atoms with Crippen molar-refractivity contribution in [3.63, 3.8) is 0 Å². The van der Waals surface area contributed by atoms with Crippen LogP contribution in [0.2, 0.25) is 0 Å². The van der Waals surface area contributed by atoms with Crippen molar-refractivity contribution in [2.24, 2.45) is 22.7 Å². The molecule has 0 spiro atoms. The highest BCUT2D eigenvalue weighted by molar-refractivity contribution is 5.86. The summed E-state index contributed by atoms with van der Waals surface area (Å²) >= 11 is 0. The van der Waals surface area contributed by atoms with Gasteiger partial charge >= 0.3 is 0 Å². The Hall–Kier alpha value is -1.69. The summed E-state index contributed by atoms with van der Waals surface area (Å²) in [7, 11) is 0. The molecule has 1 aromatic carbocycles. The van der Waals surface area contributed by atoms with Crippen molar-refractivity contribution in [1.82, 2.24) is 4.98 Å². The molecule has 0 bridgehead atoms. The molecule has 8 atom stereocenters. The van der Waals surface area contributed by atoms with E-state index in [0.717, 1.165) is 38.4 Å². The molecule has 4 aliphatic rings. The van der Waals surface area contributed by atoms with Gasteiger partial charge in [0.1, 0.15) is 6.29 Å². The maximum atomic E-state index is 13.0. The molecule has 3 aliphatic carbocycles. The molecule has 5 heteroatoms. The highest BCUT2D eigenvalue weighted by Gasteiger charge is 2.71. The van der Waals surface area contributed by atoms with Crippen LogP contribution >= 0.6 is 0 Å². The van der Waals surface area contributed by atoms with Crippen LogP contribution in [0.3, 0.4) is 0 Å². The smallest absolute Gasteiger partial charge is 0.131 e. The van der Waals surface area contributed by atoms with Gasteiger partial charge in [0.15, 0.2) is 0 Å². The molecule has 6 rings (SSSR count). The molecular weight excluding hydrogens is 414 g/mol. The Morgan fingerprint density at radius 2 is 1.94 bits per heavy atom. The van der Waals surface area contributed by atoms with Gasteiger partial charge in [0.25, 0.3) is 0 Å². The zero-order chi connectivity index (χ0) is 23.4. The second kappa shape index (κ2) is 6.71. The van der Waals surface area contributed by atoms with Gasteiger partial charge < -0.3 is 24.7 Å². The van der Waals surface area contributed by atoms with Crippen LogP contribution < -0.4 is 0 Å². The fourth-order valence-electron chi connectivity index (χ4n) is 8.83. The number of nitrogens with one attached hydrogen (secondary N) is 1. The number of ether oxygens (including phenoxy) is 1. The Bertz CT molecular complexity index is 1120. The second-order valence-corrected chi connectivity index (χ2v) is 12.3. The number of aliphatic hydroxyl groups is 2. The molecule has 1 aromatic heterocycles. The third kappa shape index (κ3) is 2.51. The van der Waals surface area contributed by atoms with Gasteiger partial charge in [0.05, 0.1) is 29.3 Å². The topological polar surface area (TPSA) is 82.5 Å². The lowest BCUT2D eigenvalue weighted by molar-refractivity contribution is -0.271. The SMILES string of the molecule is CC(C)(O)[C@@H]1C[C@@H](O)[C@]2(C=O)[C@H](CC[C@@]3(C)[C@H]2CC[C@H]2Cc4c([nH]c5ccccc45)[C@@]23C)O1. The highest BCUT2D eigenvalue weighted by Crippen LogP contribution is 2.71. The molecular formula is C28H37NO4. The van der Waals surface area contributed by atoms with Crippen molar-refractivity contribution in [2.45, 2.75) is 95.5 Å². The number of hydrogen-bond acceptors (Lipinski definition) is 4. The van der Waals surface area contributed by atoms with E-state index in [1.165, 1.54) is 22.2 Å². The highest BCUT2D eigenvalue weighted by atomic mass is 16.5. The number of carbonyl (C=O) groups is 1. The van der Waals surface area contributed by atoms with E-state index in [4.69, 9.17) is 4.74 Å². The number of aromatic nitrogens is 1. The van der Waals surface area contributed by atoms with Crippen molar-refractivity contribution >= 4 is 17.2 Å². The second-order valence-electron chi connectivity index (χ2n) is 12.3. The summed E-state index contributed by atoms with van der Waals surface area (Å²) in [4.78, 5) is 16.8. The van der Waals surface area contributed by atoms with Crippen LogP contribution in [0.1, 0.15) is 71.1 Å². The van der Waals surface area contributed by atoms with Crippen LogP contribution in [0.5, 0.6) is 0 Å². The number of fused-ring (bicyclic) bond motifs is 9. The summed E-state index contributed by atoms with van der Waals surface area (Å²) in [6.45, 7) is 8.25. The summed E-state index contributed by atoms with van der Waals surface area (Å²) in [5.74, 6) is 0.577. The predicted molar refractivity (Wildman–Crippen MR) is 127 cm³/mol. The van der Waals surface area contributed by atoms with Gasteiger partial charge in [0.2, 0.25) is 0 Å². The quantitative estimate of drug-likeness (QED) is 0.595. The molecule has 2 aromatic rings. The van der Waals surface area contributed by atoms with Crippen LogP contribution in [0, 0.1) is 22.7 Å². The molecule has 3 fully saturated rings. The van der Waals surface area contributed by atoms with Crippen molar-refractivity contribution in [2.75, 3.05) is 0 Å². The van der Waals surface area contributed by atoms with Gasteiger partial charge in [-0.25, -0.2) is 0 Å². The number of rotatable bonds is 2. The van der Waals surface area contributed by atoms with Gasteiger partial charge in [-0.3, -0.25) is 0 Å². The summed E-state index contributed by atoms with van der Waals surface area (Å²) in [5.41, 5.74) is 1.80. The lowest BCUT2D eigenvalue weighted by atomic mass is 9.39. The van der Waals surface area contributed by atoms with Crippen LogP contribution in [-0.2, 0) is 21.4 Å². The van der Waals surface area contributed by atoms with Crippen molar-refractivity contribution < 1.29 is 19.7 Å². The van der Waals surface area contributed by atoms with E-state index >= 15 is 0 Å². The standard InChI is InChI=1S/C28H37NO4/c1-25(2,32)23-14-21(31)28(15-30)20-10-9-16-13-18-17-7-5-6-8-19(17)29-24(18)27(16,4)26(20,3)12-11-22(28)33-23/h5-8,15-16,20-23,29,31-32H,9-14H2,1-4H3/t16-,20+,21+,22-,23-,26-,27+,28+/m0/s1. The zero-order valence-corrected chi connectivity index (χ0v) is 20.2. The lowest BCUT2D eigenvalue weighted by Gasteiger charge is -2.67. The van der Waals surface area contributed by atoms with Gasteiger partial charge in [-0.05, 0) is 74.8 Å². The molecule has 3 N–H and O–H groups in total. The van der Waals surface area contributed by atoms with Crippen molar-refractivity contribution in [3.05, 3.63) is 35.5 Å². The third-order valence-electron chi connectivity index (χ3n) is 10.8. The van der Waals surface area contributed by atoms with Crippen molar-refractivity contribution in [3.8, 4) is 0 Å². The summed E-state index contributed by atoms with van der Waals surface area (Å²) in [5, 5.41) is 23.5. The summed E-state index contributed by atoms with van der Waals surface area (Å²) < 4.78 is 6.43. The molecule has 0 radical (unpaired) electrons. The first-order valence-corrected chi connectivity index (χ1v) is 12.7. The van der Waals surface area contributed by atoms with Gasteiger partial charge in [0, 0.05) is 28.4 Å². The normalized spacial score (nSPS) is 44.6. The van der Waals surface area contributed by atoms with Crippen LogP contribution in [0.25, 0.3) is 10.9 Å². The maximum absolute atomic E-state index is 13.0. The van der Waals surface area contributed by atoms with E-state index in [9.17, 15) is 15.0 Å². The van der Waals surface area contributed by atoms with Crippen LogP contribution in [-0.4, -0.2) is 45.4 Å². The molecule has 2 saturated carbocycles. The van der Waals surface area contributed by atoms with Gasteiger partial charge in [-0.15, -0.1) is 0 Å². The number of para-hydroxylation sites is 1. The van der Waals surface area contributed by atoms with Crippen molar-refractivity contribution in [1.29, 1.82) is 0 Å². The molecule has 1 saturated heterocycles. The van der Waals surface area contributed by atoms with Crippen LogP contribution in [0.4, 0.5) is 0 Å². The molecule has 5 nitrogen and oxygen atoms in total. The number of benzene rings is 1. The molecule has 2 heterocycles. The van der Waals surface area contributed by atoms with Gasteiger partial charge in [-0.2, -0.15) is 0 Å². The maximum Gasteiger partial charge on any atom is 0.131 e. The fourth-order valence-corrected chi connectivity index (χ4v) is 8.83. The largest absolute Gasteiger partial charge is 0.392 e. The number of carbonyl (C=O) groups excluding carboxylic acids is 1. The van der Waals surface area contributed by atoms with E-state index in [2.05, 4.69) is 43.1 Å². The number of hydrogen-bond donors (Lipinski definition) is 3. The third-order valence-corrected chi connectivity index (χ3v) is 10.8. The summed E-state index contributed by atoms with van der Waals surface area (Å²) in [6.07, 6.45) is 4.45. The Morgan fingerprint density at radius 3 is 2.67 bits per heavy atom.